The third kappa shape index (κ3) is 3.82. The summed E-state index contributed by atoms with van der Waals surface area (Å²) in [6.07, 6.45) is -1.10. The van der Waals surface area contributed by atoms with E-state index in [9.17, 15) is 17.6 Å². The molecule has 174 valence electrons. The average Bonchev–Trinajstić information content (AvgIpc) is 3.07. The van der Waals surface area contributed by atoms with Crippen molar-refractivity contribution < 1.29 is 22.3 Å². The summed E-state index contributed by atoms with van der Waals surface area (Å²) >= 11 is 0. The van der Waals surface area contributed by atoms with E-state index < -0.39 is 18.3 Å². The zero-order chi connectivity index (χ0) is 22.8. The molecule has 6 nitrogen and oxygen atoms in total. The molecule has 3 fully saturated rings. The zero-order valence-electron chi connectivity index (χ0n) is 18.0. The van der Waals surface area contributed by atoms with Gasteiger partial charge < -0.3 is 10.5 Å². The second-order valence-electron chi connectivity index (χ2n) is 9.34. The van der Waals surface area contributed by atoms with Crippen molar-refractivity contribution >= 4 is 5.82 Å². The van der Waals surface area contributed by atoms with E-state index in [1.807, 2.05) is 10.7 Å². The van der Waals surface area contributed by atoms with Crippen molar-refractivity contribution in [3.05, 3.63) is 24.0 Å². The number of alkyl halides is 4. The molecule has 0 spiro atoms. The fraction of sp³-hybridized carbons (Fsp3) is 0.636. The Labute approximate surface area is 183 Å². The molecule has 10 heteroatoms. The van der Waals surface area contributed by atoms with E-state index in [4.69, 9.17) is 10.8 Å². The third-order valence-electron chi connectivity index (χ3n) is 7.32. The number of halogens is 4. The second-order valence-corrected chi connectivity index (χ2v) is 9.34. The van der Waals surface area contributed by atoms with E-state index in [2.05, 4.69) is 28.5 Å². The molecule has 0 amide bonds. The van der Waals surface area contributed by atoms with Crippen LogP contribution in [0.1, 0.15) is 50.8 Å². The zero-order valence-corrected chi connectivity index (χ0v) is 18.0. The van der Waals surface area contributed by atoms with Crippen LogP contribution in [-0.4, -0.2) is 51.3 Å². The lowest BCUT2D eigenvalue weighted by atomic mass is 9.99. The molecular formula is C22H27F4N5O. The minimum Gasteiger partial charge on any atom is -0.402 e. The number of fused-ring (bicyclic) bond motifs is 1. The number of pyridine rings is 1. The van der Waals surface area contributed by atoms with Crippen molar-refractivity contribution in [1.29, 1.82) is 0 Å². The van der Waals surface area contributed by atoms with Gasteiger partial charge in [-0.05, 0) is 50.2 Å². The van der Waals surface area contributed by atoms with Gasteiger partial charge in [0.25, 0.3) is 0 Å². The molecular weight excluding hydrogens is 426 g/mol. The lowest BCUT2D eigenvalue weighted by molar-refractivity contribution is -0.274. The van der Waals surface area contributed by atoms with E-state index in [0.29, 0.717) is 48.1 Å². The standard InChI is InChI=1S/C22H27F4N5O/c1-3-11(2)31-18(20-15-5-14(6-16(15)20)30-9-13(23)10-30)7-17(29-31)12-4-19(21(27)28-8-12)32-22(24,25)26/h4,7-8,11,13-16,20H,3,5-6,9-10H2,1-2H3,(H2,27,28). The molecule has 3 unspecified atom stereocenters. The SMILES string of the molecule is CCC(C)n1nc(-c2cnc(N)c(OC(F)(F)F)c2)cc1C1C2CC(N3CC(F)C3)CC21. The predicted octanol–water partition coefficient (Wildman–Crippen LogP) is 4.54. The maximum absolute atomic E-state index is 13.2. The van der Waals surface area contributed by atoms with E-state index >= 15 is 0 Å². The number of nitrogens with zero attached hydrogens (tertiary/aromatic N) is 4. The topological polar surface area (TPSA) is 69.2 Å². The first-order chi connectivity index (χ1) is 15.1. The molecule has 32 heavy (non-hydrogen) atoms. The predicted molar refractivity (Wildman–Crippen MR) is 111 cm³/mol. The van der Waals surface area contributed by atoms with Gasteiger partial charge in [-0.3, -0.25) is 9.58 Å². The first kappa shape index (κ1) is 21.5. The molecule has 5 rings (SSSR count). The maximum Gasteiger partial charge on any atom is 0.573 e. The van der Waals surface area contributed by atoms with E-state index in [-0.39, 0.29) is 11.9 Å². The molecule has 2 N–H and O–H groups in total. The lowest BCUT2D eigenvalue weighted by Gasteiger charge is -2.40. The van der Waals surface area contributed by atoms with Crippen LogP contribution in [-0.2, 0) is 0 Å². The van der Waals surface area contributed by atoms with Gasteiger partial charge in [-0.2, -0.15) is 5.10 Å². The van der Waals surface area contributed by atoms with Gasteiger partial charge in [0.15, 0.2) is 11.6 Å². The molecule has 1 aliphatic heterocycles. The van der Waals surface area contributed by atoms with Crippen molar-refractivity contribution in [2.24, 2.45) is 11.8 Å². The molecule has 3 aliphatic rings. The highest BCUT2D eigenvalue weighted by molar-refractivity contribution is 5.64. The number of likely N-dealkylation sites (tertiary alicyclic amines) is 1. The number of nitrogens with two attached hydrogens (primary N) is 1. The number of anilines is 1. The van der Waals surface area contributed by atoms with Gasteiger partial charge >= 0.3 is 6.36 Å². The summed E-state index contributed by atoms with van der Waals surface area (Å²) in [7, 11) is 0. The van der Waals surface area contributed by atoms with Gasteiger partial charge in [-0.1, -0.05) is 6.92 Å². The second kappa shape index (κ2) is 7.60. The van der Waals surface area contributed by atoms with Crippen LogP contribution in [0.2, 0.25) is 0 Å². The van der Waals surface area contributed by atoms with Gasteiger partial charge in [0.2, 0.25) is 0 Å². The van der Waals surface area contributed by atoms with E-state index in [1.165, 1.54) is 12.3 Å². The maximum atomic E-state index is 13.2. The number of nitrogen functional groups attached to an aromatic ring is 1. The molecule has 0 aromatic carbocycles. The molecule has 2 aromatic rings. The Morgan fingerprint density at radius 2 is 1.91 bits per heavy atom. The Morgan fingerprint density at radius 1 is 1.22 bits per heavy atom. The number of aromatic nitrogens is 3. The van der Waals surface area contributed by atoms with Gasteiger partial charge in [-0.15, -0.1) is 13.2 Å². The number of ether oxygens (including phenoxy) is 1. The van der Waals surface area contributed by atoms with Crippen molar-refractivity contribution in [2.75, 3.05) is 18.8 Å². The highest BCUT2D eigenvalue weighted by Gasteiger charge is 2.59. The van der Waals surface area contributed by atoms with Crippen molar-refractivity contribution in [3.8, 4) is 17.0 Å². The van der Waals surface area contributed by atoms with Crippen LogP contribution in [0.15, 0.2) is 18.3 Å². The van der Waals surface area contributed by atoms with Crippen LogP contribution in [0, 0.1) is 11.8 Å². The Kier molecular flexibility index (Phi) is 5.11. The van der Waals surface area contributed by atoms with Crippen molar-refractivity contribution in [1.82, 2.24) is 19.7 Å². The van der Waals surface area contributed by atoms with Crippen molar-refractivity contribution in [2.45, 2.75) is 63.6 Å². The highest BCUT2D eigenvalue weighted by Crippen LogP contribution is 2.64. The lowest BCUT2D eigenvalue weighted by Crippen LogP contribution is -2.53. The Balaban J connectivity index is 1.39. The summed E-state index contributed by atoms with van der Waals surface area (Å²) in [5, 5.41) is 4.74. The summed E-state index contributed by atoms with van der Waals surface area (Å²) in [5.74, 6) is 0.648. The molecule has 1 saturated heterocycles. The summed E-state index contributed by atoms with van der Waals surface area (Å²) in [4.78, 5) is 6.12. The van der Waals surface area contributed by atoms with E-state index in [0.717, 1.165) is 25.0 Å². The van der Waals surface area contributed by atoms with E-state index in [1.54, 1.807) is 0 Å². The molecule has 2 aromatic heterocycles. The quantitative estimate of drug-likeness (QED) is 0.651. The first-order valence-corrected chi connectivity index (χ1v) is 11.1. The molecule has 3 heterocycles. The number of hydrogen-bond acceptors (Lipinski definition) is 5. The van der Waals surface area contributed by atoms with Crippen LogP contribution in [0.4, 0.5) is 23.4 Å². The van der Waals surface area contributed by atoms with Crippen LogP contribution >= 0.6 is 0 Å². The minimum atomic E-state index is -4.85. The molecule has 3 atom stereocenters. The van der Waals surface area contributed by atoms with Gasteiger partial charge in [0.1, 0.15) is 6.17 Å². The van der Waals surface area contributed by atoms with Crippen molar-refractivity contribution in [3.63, 3.8) is 0 Å². The number of rotatable bonds is 6. The summed E-state index contributed by atoms with van der Waals surface area (Å²) in [6.45, 7) is 5.27. The average molecular weight is 453 g/mol. The Morgan fingerprint density at radius 3 is 2.50 bits per heavy atom. The van der Waals surface area contributed by atoms with Crippen LogP contribution in [0.25, 0.3) is 11.3 Å². The van der Waals surface area contributed by atoms with Gasteiger partial charge in [-0.25, -0.2) is 9.37 Å². The van der Waals surface area contributed by atoms with Crippen LogP contribution in [0.3, 0.4) is 0 Å². The highest BCUT2D eigenvalue weighted by atomic mass is 19.4. The summed E-state index contributed by atoms with van der Waals surface area (Å²) < 4.78 is 57.4. The third-order valence-corrected chi connectivity index (χ3v) is 7.32. The fourth-order valence-corrected chi connectivity index (χ4v) is 5.43. The summed E-state index contributed by atoms with van der Waals surface area (Å²) in [5.41, 5.74) is 7.68. The monoisotopic (exact) mass is 453 g/mol. The van der Waals surface area contributed by atoms with Gasteiger partial charge in [0.05, 0.1) is 5.69 Å². The normalized spacial score (nSPS) is 28.9. The minimum absolute atomic E-state index is 0.159. The van der Waals surface area contributed by atoms with Crippen LogP contribution < -0.4 is 10.5 Å². The van der Waals surface area contributed by atoms with Crippen LogP contribution in [0.5, 0.6) is 5.75 Å². The number of hydrogen-bond donors (Lipinski definition) is 1. The molecule has 2 saturated carbocycles. The smallest absolute Gasteiger partial charge is 0.402 e. The molecule has 0 radical (unpaired) electrons. The fourth-order valence-electron chi connectivity index (χ4n) is 5.43. The largest absolute Gasteiger partial charge is 0.573 e. The van der Waals surface area contributed by atoms with Gasteiger partial charge in [0, 0.05) is 48.5 Å². The molecule has 0 bridgehead atoms. The summed E-state index contributed by atoms with van der Waals surface area (Å²) in [6, 6.07) is 3.84. The molecule has 2 aliphatic carbocycles. The Hall–Kier alpha value is -2.36. The first-order valence-electron chi connectivity index (χ1n) is 11.1. The Bertz CT molecular complexity index is 991.